The summed E-state index contributed by atoms with van der Waals surface area (Å²) in [5, 5.41) is 0.719. The fourth-order valence-electron chi connectivity index (χ4n) is 4.31. The molecular weight excluding hydrogens is 553 g/mol. The van der Waals surface area contributed by atoms with Gasteiger partial charge in [-0.25, -0.2) is 4.79 Å². The van der Waals surface area contributed by atoms with Crippen LogP contribution in [0.3, 0.4) is 0 Å². The van der Waals surface area contributed by atoms with Crippen LogP contribution in [0.2, 0.25) is 0 Å². The molecule has 1 aromatic heterocycles. The van der Waals surface area contributed by atoms with Crippen molar-refractivity contribution >= 4 is 29.2 Å². The number of benzene rings is 2. The van der Waals surface area contributed by atoms with E-state index in [0.717, 1.165) is 34.3 Å². The van der Waals surface area contributed by atoms with E-state index >= 15 is 0 Å². The Labute approximate surface area is 241 Å². The Bertz CT molecular complexity index is 1430. The molecule has 0 saturated carbocycles. The molecular formula is C30H31F3N4O5. The lowest BCUT2D eigenvalue weighted by Crippen LogP contribution is -2.49. The summed E-state index contributed by atoms with van der Waals surface area (Å²) in [7, 11) is 0. The van der Waals surface area contributed by atoms with Gasteiger partial charge in [-0.2, -0.15) is 18.2 Å². The first-order valence-electron chi connectivity index (χ1n) is 13.2. The van der Waals surface area contributed by atoms with Gasteiger partial charge in [-0.1, -0.05) is 24.3 Å². The first-order valence-corrected chi connectivity index (χ1v) is 13.2. The van der Waals surface area contributed by atoms with Crippen molar-refractivity contribution < 1.29 is 37.0 Å². The molecule has 1 saturated heterocycles. The molecule has 1 aliphatic heterocycles. The van der Waals surface area contributed by atoms with Crippen molar-refractivity contribution in [2.75, 3.05) is 36.2 Å². The third-order valence-corrected chi connectivity index (χ3v) is 6.21. The fraction of sp³-hybridized carbons (Fsp3) is 0.333. The summed E-state index contributed by atoms with van der Waals surface area (Å²) in [5.41, 5.74) is 2.01. The summed E-state index contributed by atoms with van der Waals surface area (Å²) < 4.78 is 52.4. The summed E-state index contributed by atoms with van der Waals surface area (Å²) in [6.07, 6.45) is -3.06. The second-order valence-electron chi connectivity index (χ2n) is 10.6. The van der Waals surface area contributed by atoms with Gasteiger partial charge < -0.3 is 14.4 Å². The van der Waals surface area contributed by atoms with E-state index in [-0.39, 0.29) is 43.2 Å². The zero-order valence-electron chi connectivity index (χ0n) is 23.4. The van der Waals surface area contributed by atoms with Crippen LogP contribution in [0.4, 0.5) is 29.3 Å². The number of hydrogen-bond acceptors (Lipinski definition) is 7. The van der Waals surface area contributed by atoms with Crippen LogP contribution in [0.1, 0.15) is 43.1 Å². The summed E-state index contributed by atoms with van der Waals surface area (Å²) >= 11 is 0. The molecule has 1 fully saturated rings. The van der Waals surface area contributed by atoms with E-state index < -0.39 is 41.5 Å². The Morgan fingerprint density at radius 3 is 2.36 bits per heavy atom. The van der Waals surface area contributed by atoms with Gasteiger partial charge in [0.15, 0.2) is 5.78 Å². The molecule has 2 heterocycles. The number of nitrogens with one attached hydrogen (secondary N) is 1. The summed E-state index contributed by atoms with van der Waals surface area (Å²) in [6, 6.07) is 13.3. The van der Waals surface area contributed by atoms with Gasteiger partial charge in [0.1, 0.15) is 5.60 Å². The van der Waals surface area contributed by atoms with E-state index in [1.165, 1.54) is 4.90 Å². The highest BCUT2D eigenvalue weighted by atomic mass is 19.4. The second-order valence-corrected chi connectivity index (χ2v) is 10.6. The van der Waals surface area contributed by atoms with Crippen LogP contribution in [0.5, 0.6) is 0 Å². The average Bonchev–Trinajstić information content (AvgIpc) is 2.95. The lowest BCUT2D eigenvalue weighted by Gasteiger charge is -2.33. The highest BCUT2D eigenvalue weighted by Gasteiger charge is 2.36. The molecule has 0 aliphatic carbocycles. The first kappa shape index (κ1) is 30.5. The van der Waals surface area contributed by atoms with Gasteiger partial charge in [0.25, 0.3) is 0 Å². The minimum atomic E-state index is -4.66. The number of amides is 2. The van der Waals surface area contributed by atoms with Crippen LogP contribution in [0.15, 0.2) is 67.0 Å². The molecule has 222 valence electrons. The number of rotatable bonds is 6. The molecule has 42 heavy (non-hydrogen) atoms. The third-order valence-electron chi connectivity index (χ3n) is 6.21. The maximum absolute atomic E-state index is 13.9. The zero-order valence-corrected chi connectivity index (χ0v) is 23.4. The molecule has 9 nitrogen and oxygen atoms in total. The maximum Gasteiger partial charge on any atom is 0.434 e. The predicted octanol–water partition coefficient (Wildman–Crippen LogP) is 5.65. The maximum atomic E-state index is 13.9. The van der Waals surface area contributed by atoms with Crippen molar-refractivity contribution in [2.24, 2.45) is 0 Å². The van der Waals surface area contributed by atoms with E-state index in [1.807, 2.05) is 6.07 Å². The van der Waals surface area contributed by atoms with Crippen molar-refractivity contribution in [2.45, 2.75) is 39.0 Å². The standard InChI is InChI=1S/C30H31F3N4O5/c1-29(2,3)42-28(40)37(23-9-10-24(30(31,32)33)25(17-23)36-12-14-41-15-13-36)35-27(39)18-26(38)21-7-4-6-20(16-21)22-8-5-11-34-19-22/h4-11,16-17,19H,12-15,18H2,1-3H3,(H,35,39). The number of nitrogens with zero attached hydrogens (tertiary/aromatic N) is 3. The predicted molar refractivity (Wildman–Crippen MR) is 150 cm³/mol. The van der Waals surface area contributed by atoms with Crippen molar-refractivity contribution in [1.82, 2.24) is 10.4 Å². The topological polar surface area (TPSA) is 101 Å². The van der Waals surface area contributed by atoms with Crippen molar-refractivity contribution in [3.05, 3.63) is 78.1 Å². The molecule has 1 aliphatic rings. The van der Waals surface area contributed by atoms with Gasteiger partial charge in [0.2, 0.25) is 5.91 Å². The van der Waals surface area contributed by atoms with Crippen molar-refractivity contribution in [3.63, 3.8) is 0 Å². The number of pyridine rings is 1. The minimum absolute atomic E-state index is 0.0712. The van der Waals surface area contributed by atoms with Gasteiger partial charge in [-0.3, -0.25) is 20.0 Å². The Morgan fingerprint density at radius 1 is 1.00 bits per heavy atom. The number of ether oxygens (including phenoxy) is 2. The monoisotopic (exact) mass is 584 g/mol. The number of halogens is 3. The van der Waals surface area contributed by atoms with Crippen molar-refractivity contribution in [3.8, 4) is 11.1 Å². The lowest BCUT2D eigenvalue weighted by atomic mass is 10.0. The Balaban J connectivity index is 1.61. The third kappa shape index (κ3) is 7.84. The van der Waals surface area contributed by atoms with Crippen LogP contribution in [-0.2, 0) is 20.4 Å². The zero-order chi connectivity index (χ0) is 30.5. The largest absolute Gasteiger partial charge is 0.442 e. The number of hydrazine groups is 1. The van der Waals surface area contributed by atoms with Gasteiger partial charge in [-0.15, -0.1) is 0 Å². The molecule has 0 bridgehead atoms. The summed E-state index contributed by atoms with van der Waals surface area (Å²) in [5.74, 6) is -1.38. The average molecular weight is 585 g/mol. The number of ketones is 1. The highest BCUT2D eigenvalue weighted by Crippen LogP contribution is 2.39. The van der Waals surface area contributed by atoms with Crippen LogP contribution < -0.4 is 15.3 Å². The molecule has 0 atom stereocenters. The van der Waals surface area contributed by atoms with Gasteiger partial charge >= 0.3 is 12.3 Å². The molecule has 3 aromatic rings. The molecule has 12 heteroatoms. The van der Waals surface area contributed by atoms with Crippen LogP contribution in [0.25, 0.3) is 11.1 Å². The molecule has 0 spiro atoms. The Kier molecular flexibility index (Phi) is 9.15. The number of alkyl halides is 3. The number of anilines is 2. The Morgan fingerprint density at radius 2 is 1.71 bits per heavy atom. The van der Waals surface area contributed by atoms with E-state index in [0.29, 0.717) is 0 Å². The summed E-state index contributed by atoms with van der Waals surface area (Å²) in [6.45, 7) is 5.70. The van der Waals surface area contributed by atoms with Crippen molar-refractivity contribution in [1.29, 1.82) is 0 Å². The molecule has 2 aromatic carbocycles. The van der Waals surface area contributed by atoms with Gasteiger partial charge in [-0.05, 0) is 56.7 Å². The molecule has 4 rings (SSSR count). The SMILES string of the molecule is CC(C)(C)OC(=O)N(NC(=O)CC(=O)c1cccc(-c2cccnc2)c1)c1ccc(C(F)(F)F)c(N2CCOCC2)c1. The smallest absolute Gasteiger partial charge is 0.434 e. The van der Waals surface area contributed by atoms with E-state index in [1.54, 1.807) is 63.5 Å². The van der Waals surface area contributed by atoms with E-state index in [9.17, 15) is 27.6 Å². The normalized spacial score (nSPS) is 13.8. The van der Waals surface area contributed by atoms with Gasteiger partial charge in [0, 0.05) is 36.6 Å². The molecule has 0 unspecified atom stereocenters. The fourth-order valence-corrected chi connectivity index (χ4v) is 4.31. The number of carbonyl (C=O) groups is 3. The van der Waals surface area contributed by atoms with Crippen LogP contribution in [0, 0.1) is 0 Å². The van der Waals surface area contributed by atoms with E-state index in [4.69, 9.17) is 9.47 Å². The van der Waals surface area contributed by atoms with Gasteiger partial charge in [0.05, 0.1) is 36.6 Å². The number of carbonyl (C=O) groups excluding carboxylic acids is 3. The number of morpholine rings is 1. The Hall–Kier alpha value is -4.45. The van der Waals surface area contributed by atoms with Crippen LogP contribution in [-0.4, -0.2) is 54.7 Å². The highest BCUT2D eigenvalue weighted by molar-refractivity contribution is 6.09. The quantitative estimate of drug-likeness (QED) is 0.227. The minimum Gasteiger partial charge on any atom is -0.442 e. The molecule has 0 radical (unpaired) electrons. The number of hydrogen-bond donors (Lipinski definition) is 1. The summed E-state index contributed by atoms with van der Waals surface area (Å²) in [4.78, 5) is 44.8. The molecule has 2 amide bonds. The number of Topliss-reactive ketones (excluding diaryl/α,β-unsaturated/α-hetero) is 1. The molecule has 1 N–H and O–H groups in total. The number of aromatic nitrogens is 1. The second kappa shape index (κ2) is 12.6. The van der Waals surface area contributed by atoms with Crippen LogP contribution >= 0.6 is 0 Å². The first-order chi connectivity index (χ1) is 19.8. The lowest BCUT2D eigenvalue weighted by molar-refractivity contribution is -0.137. The van der Waals surface area contributed by atoms with E-state index in [2.05, 4.69) is 10.4 Å².